The highest BCUT2D eigenvalue weighted by Crippen LogP contribution is 2.29. The van der Waals surface area contributed by atoms with E-state index in [0.717, 1.165) is 6.42 Å². The van der Waals surface area contributed by atoms with Crippen LogP contribution in [0.1, 0.15) is 60.3 Å². The van der Waals surface area contributed by atoms with Crippen molar-refractivity contribution in [3.63, 3.8) is 0 Å². The van der Waals surface area contributed by atoms with Gasteiger partial charge < -0.3 is 23.1 Å². The summed E-state index contributed by atoms with van der Waals surface area (Å²) in [6, 6.07) is 0. The van der Waals surface area contributed by atoms with E-state index in [0.29, 0.717) is 32.5 Å². The van der Waals surface area contributed by atoms with Crippen LogP contribution in [0.2, 0.25) is 6.55 Å². The molecule has 9 heteroatoms. The van der Waals surface area contributed by atoms with Crippen molar-refractivity contribution in [3.05, 3.63) is 0 Å². The summed E-state index contributed by atoms with van der Waals surface area (Å²) in [6.45, 7) is 11.0. The molecule has 1 rings (SSSR count). The third kappa shape index (κ3) is 6.62. The van der Waals surface area contributed by atoms with Crippen molar-refractivity contribution in [2.24, 2.45) is 0 Å². The van der Waals surface area contributed by atoms with E-state index in [4.69, 9.17) is 27.8 Å². The number of hydrogen-bond acceptors (Lipinski definition) is 8. The first-order valence-corrected chi connectivity index (χ1v) is 11.6. The standard InChI is InChI=1S/C17H32O8Si/c1-7-15(23-17(9-3)20-11-10-12-21-17)22-16(8-2)26(6,24-13(4)18)25-14(5)19/h15-16H,7-12H2,1-6H3. The molecule has 2 unspecified atom stereocenters. The monoisotopic (exact) mass is 392 g/mol. The molecule has 1 fully saturated rings. The lowest BCUT2D eigenvalue weighted by atomic mass is 10.3. The SMILES string of the molecule is CCC(OC(CC)[Si](C)(OC(C)=O)OC(C)=O)OC1(CC)OCCCO1. The van der Waals surface area contributed by atoms with E-state index in [2.05, 4.69) is 0 Å². The van der Waals surface area contributed by atoms with Crippen LogP contribution in [-0.2, 0) is 37.4 Å². The zero-order valence-corrected chi connectivity index (χ0v) is 17.7. The van der Waals surface area contributed by atoms with Crippen molar-refractivity contribution in [1.82, 2.24) is 0 Å². The molecule has 1 saturated heterocycles. The maximum atomic E-state index is 11.5. The summed E-state index contributed by atoms with van der Waals surface area (Å²) in [5.41, 5.74) is -0.585. The van der Waals surface area contributed by atoms with Crippen LogP contribution < -0.4 is 0 Å². The van der Waals surface area contributed by atoms with E-state index in [9.17, 15) is 9.59 Å². The first-order chi connectivity index (χ1) is 12.2. The van der Waals surface area contributed by atoms with Crippen LogP contribution in [-0.4, -0.2) is 51.7 Å². The third-order valence-electron chi connectivity index (χ3n) is 3.97. The van der Waals surface area contributed by atoms with Crippen LogP contribution in [0.15, 0.2) is 0 Å². The summed E-state index contributed by atoms with van der Waals surface area (Å²) in [7, 11) is -3.27. The lowest BCUT2D eigenvalue weighted by Crippen LogP contribution is -2.56. The van der Waals surface area contributed by atoms with Gasteiger partial charge in [-0.3, -0.25) is 14.3 Å². The van der Waals surface area contributed by atoms with Crippen LogP contribution >= 0.6 is 0 Å². The van der Waals surface area contributed by atoms with E-state index >= 15 is 0 Å². The van der Waals surface area contributed by atoms with Crippen LogP contribution in [0.5, 0.6) is 0 Å². The molecule has 8 nitrogen and oxygen atoms in total. The highest BCUT2D eigenvalue weighted by Gasteiger charge is 2.49. The smallest absolute Gasteiger partial charge is 0.484 e. The summed E-state index contributed by atoms with van der Waals surface area (Å²) in [6.07, 6.45) is 1.67. The third-order valence-corrected chi connectivity index (χ3v) is 7.07. The van der Waals surface area contributed by atoms with E-state index in [-0.39, 0.29) is 0 Å². The molecule has 1 heterocycles. The molecule has 1 aliphatic heterocycles. The van der Waals surface area contributed by atoms with Crippen molar-refractivity contribution in [2.75, 3.05) is 13.2 Å². The number of carbonyl (C=O) groups is 2. The van der Waals surface area contributed by atoms with Crippen LogP contribution in [0.4, 0.5) is 0 Å². The Morgan fingerprint density at radius 3 is 1.96 bits per heavy atom. The van der Waals surface area contributed by atoms with Gasteiger partial charge in [-0.1, -0.05) is 20.8 Å². The van der Waals surface area contributed by atoms with Crippen LogP contribution in [0.3, 0.4) is 0 Å². The normalized spacial score (nSPS) is 19.5. The van der Waals surface area contributed by atoms with Crippen molar-refractivity contribution in [3.8, 4) is 0 Å². The second kappa shape index (κ2) is 10.4. The lowest BCUT2D eigenvalue weighted by Gasteiger charge is -2.40. The average Bonchev–Trinajstić information content (AvgIpc) is 2.57. The molecule has 0 amide bonds. The molecule has 0 aromatic carbocycles. The fourth-order valence-corrected chi connectivity index (χ4v) is 5.40. The first kappa shape index (κ1) is 23.0. The predicted octanol–water partition coefficient (Wildman–Crippen LogP) is 2.77. The van der Waals surface area contributed by atoms with Gasteiger partial charge in [0.15, 0.2) is 6.29 Å². The number of hydrogen-bond donors (Lipinski definition) is 0. The Bertz CT molecular complexity index is 448. The fourth-order valence-electron chi connectivity index (χ4n) is 2.82. The second-order valence-corrected chi connectivity index (χ2v) is 9.36. The molecular formula is C17H32O8Si. The zero-order chi connectivity index (χ0) is 19.8. The van der Waals surface area contributed by atoms with E-state index in [1.54, 1.807) is 6.55 Å². The summed E-state index contributed by atoms with van der Waals surface area (Å²) >= 11 is 0. The maximum absolute atomic E-state index is 11.5. The summed E-state index contributed by atoms with van der Waals surface area (Å²) in [5, 5.41) is 0. The quantitative estimate of drug-likeness (QED) is 0.414. The molecule has 0 bridgehead atoms. The first-order valence-electron chi connectivity index (χ1n) is 9.20. The fraction of sp³-hybridized carbons (Fsp3) is 0.882. The van der Waals surface area contributed by atoms with Gasteiger partial charge in [0.1, 0.15) is 5.73 Å². The molecule has 0 aromatic heterocycles. The van der Waals surface area contributed by atoms with Gasteiger partial charge in [-0.15, -0.1) is 0 Å². The minimum absolute atomic E-state index is 0.490. The zero-order valence-electron chi connectivity index (χ0n) is 16.7. The van der Waals surface area contributed by atoms with Crippen molar-refractivity contribution in [1.29, 1.82) is 0 Å². The maximum Gasteiger partial charge on any atom is 0.491 e. The topological polar surface area (TPSA) is 89.5 Å². The predicted molar refractivity (Wildman–Crippen MR) is 95.0 cm³/mol. The molecule has 0 radical (unpaired) electrons. The van der Waals surface area contributed by atoms with E-state index in [1.807, 2.05) is 20.8 Å². The molecule has 0 N–H and O–H groups in total. The van der Waals surface area contributed by atoms with Crippen molar-refractivity contribution in [2.45, 2.75) is 84.8 Å². The van der Waals surface area contributed by atoms with E-state index in [1.165, 1.54) is 13.8 Å². The summed E-state index contributed by atoms with van der Waals surface area (Å²) in [4.78, 5) is 23.1. The van der Waals surface area contributed by atoms with Gasteiger partial charge >= 0.3 is 8.56 Å². The van der Waals surface area contributed by atoms with Gasteiger partial charge in [-0.25, -0.2) is 0 Å². The molecule has 1 aliphatic rings. The van der Waals surface area contributed by atoms with Crippen LogP contribution in [0, 0.1) is 0 Å². The molecular weight excluding hydrogens is 360 g/mol. The Kier molecular flexibility index (Phi) is 9.18. The molecule has 0 spiro atoms. The molecule has 2 atom stereocenters. The second-order valence-electron chi connectivity index (χ2n) is 6.28. The highest BCUT2D eigenvalue weighted by atomic mass is 28.4. The highest BCUT2D eigenvalue weighted by molar-refractivity contribution is 6.70. The minimum atomic E-state index is -3.27. The van der Waals surface area contributed by atoms with Crippen molar-refractivity contribution >= 4 is 20.5 Å². The van der Waals surface area contributed by atoms with E-state index < -0.39 is 38.5 Å². The molecule has 0 aromatic rings. The largest absolute Gasteiger partial charge is 0.491 e. The Labute approximate surface area is 156 Å². The Hall–Kier alpha value is -1.00. The van der Waals surface area contributed by atoms with Gasteiger partial charge in [0.2, 0.25) is 0 Å². The number of carbonyl (C=O) groups excluding carboxylic acids is 2. The van der Waals surface area contributed by atoms with Gasteiger partial charge in [0.25, 0.3) is 17.9 Å². The minimum Gasteiger partial charge on any atom is -0.484 e. The van der Waals surface area contributed by atoms with Gasteiger partial charge in [0.05, 0.1) is 13.2 Å². The molecule has 26 heavy (non-hydrogen) atoms. The number of rotatable bonds is 10. The Morgan fingerprint density at radius 1 is 1.04 bits per heavy atom. The molecule has 0 saturated carbocycles. The lowest BCUT2D eigenvalue weighted by molar-refractivity contribution is -0.436. The summed E-state index contributed by atoms with van der Waals surface area (Å²) in [5.74, 6) is -2.17. The average molecular weight is 393 g/mol. The Balaban J connectivity index is 2.91. The Morgan fingerprint density at radius 2 is 1.58 bits per heavy atom. The number of ether oxygens (including phenoxy) is 4. The van der Waals surface area contributed by atoms with Gasteiger partial charge in [-0.2, -0.15) is 0 Å². The molecule has 0 aliphatic carbocycles. The van der Waals surface area contributed by atoms with Gasteiger partial charge in [-0.05, 0) is 19.3 Å². The summed E-state index contributed by atoms with van der Waals surface area (Å²) < 4.78 is 34.3. The molecule has 152 valence electrons. The van der Waals surface area contributed by atoms with Gasteiger partial charge in [0, 0.05) is 26.8 Å². The van der Waals surface area contributed by atoms with Crippen molar-refractivity contribution < 1.29 is 37.4 Å². The van der Waals surface area contributed by atoms with Crippen LogP contribution in [0.25, 0.3) is 0 Å².